The van der Waals surface area contributed by atoms with Gasteiger partial charge in [-0.1, -0.05) is 167 Å². The van der Waals surface area contributed by atoms with Gasteiger partial charge in [0, 0.05) is 55.0 Å². The molecule has 9 aromatic rings. The quantitative estimate of drug-likeness (QED) is 0.146. The topological polar surface area (TPSA) is 14.8 Å². The van der Waals surface area contributed by atoms with Crippen molar-refractivity contribution in [2.24, 2.45) is 5.41 Å². The lowest BCUT2D eigenvalue weighted by Gasteiger charge is -2.36. The first kappa shape index (κ1) is 45.2. The number of rotatable bonds is 1. The lowest BCUT2D eigenvalue weighted by Crippen LogP contribution is -2.60. The summed E-state index contributed by atoms with van der Waals surface area (Å²) >= 11 is 0. The molecule has 0 atom stereocenters. The van der Waals surface area contributed by atoms with E-state index in [0.29, 0.717) is 0 Å². The van der Waals surface area contributed by atoms with E-state index in [2.05, 4.69) is 235 Å². The molecular weight excluding hydrogens is 846 g/mol. The Morgan fingerprint density at radius 1 is 0.429 bits per heavy atom. The highest BCUT2D eigenvalue weighted by molar-refractivity contribution is 7.00. The number of allylic oxidation sites excluding steroid dienone is 1. The molecule has 5 heterocycles. The zero-order valence-corrected chi connectivity index (χ0v) is 45.4. The molecule has 3 aliphatic rings. The molecule has 0 spiro atoms. The van der Waals surface area contributed by atoms with Crippen LogP contribution in [-0.2, 0) is 33.5 Å². The van der Waals surface area contributed by atoms with Crippen LogP contribution in [0.15, 0.2) is 84.4 Å². The molecule has 0 saturated heterocycles. The van der Waals surface area contributed by atoms with E-state index in [1.165, 1.54) is 127 Å². The van der Waals surface area contributed by atoms with Crippen LogP contribution in [0.3, 0.4) is 0 Å². The van der Waals surface area contributed by atoms with Gasteiger partial charge in [0.2, 0.25) is 0 Å². The molecule has 3 aromatic heterocycles. The van der Waals surface area contributed by atoms with Crippen LogP contribution < -0.4 is 16.4 Å². The van der Waals surface area contributed by atoms with Gasteiger partial charge in [0.25, 0.3) is 6.71 Å². The monoisotopic (exact) mass is 918 g/mol. The van der Waals surface area contributed by atoms with E-state index in [0.717, 1.165) is 18.4 Å². The maximum absolute atomic E-state index is 3.91. The molecule has 6 aromatic carbocycles. The maximum atomic E-state index is 3.91. The van der Waals surface area contributed by atoms with Gasteiger partial charge in [-0.05, 0) is 145 Å². The summed E-state index contributed by atoms with van der Waals surface area (Å²) in [5, 5.41) is 6.61. The van der Waals surface area contributed by atoms with Crippen molar-refractivity contribution in [1.29, 1.82) is 0 Å². The van der Waals surface area contributed by atoms with Gasteiger partial charge in [0.1, 0.15) is 5.52 Å². The summed E-state index contributed by atoms with van der Waals surface area (Å²) in [6.45, 7) is 42.5. The van der Waals surface area contributed by atoms with Crippen molar-refractivity contribution in [1.82, 2.24) is 13.7 Å². The van der Waals surface area contributed by atoms with Crippen molar-refractivity contribution in [3.05, 3.63) is 136 Å². The fraction of sp³-hybridized carbons (Fsp3) is 0.394. The molecule has 0 amide bonds. The van der Waals surface area contributed by atoms with Crippen LogP contribution in [0, 0.1) is 17.5 Å². The Labute approximate surface area is 418 Å². The van der Waals surface area contributed by atoms with E-state index in [1.54, 1.807) is 0 Å². The second kappa shape index (κ2) is 13.9. The number of nitrogens with zero attached hydrogens (tertiary/aromatic N) is 3. The summed E-state index contributed by atoms with van der Waals surface area (Å²) in [5.74, 6) is 0. The largest absolute Gasteiger partial charge is 0.311 e. The minimum absolute atomic E-state index is 0.0117. The summed E-state index contributed by atoms with van der Waals surface area (Å²) < 4.78 is 8.00. The minimum Gasteiger partial charge on any atom is -0.311 e. The molecule has 3 nitrogen and oxygen atoms in total. The van der Waals surface area contributed by atoms with Gasteiger partial charge in [0.15, 0.2) is 0 Å². The third-order valence-electron chi connectivity index (χ3n) is 16.7. The average Bonchev–Trinajstić information content (AvgIpc) is 3.89. The van der Waals surface area contributed by atoms with Crippen molar-refractivity contribution in [3.8, 4) is 17.1 Å². The van der Waals surface area contributed by atoms with E-state index in [4.69, 9.17) is 0 Å². The normalized spacial score (nSPS) is 15.1. The fourth-order valence-corrected chi connectivity index (χ4v) is 12.4. The van der Waals surface area contributed by atoms with E-state index < -0.39 is 0 Å². The van der Waals surface area contributed by atoms with Gasteiger partial charge >= 0.3 is 0 Å². The lowest BCUT2D eigenvalue weighted by molar-refractivity contribution is 0.483. The van der Waals surface area contributed by atoms with Crippen LogP contribution in [0.25, 0.3) is 77.7 Å². The van der Waals surface area contributed by atoms with E-state index in [-0.39, 0.29) is 39.2 Å². The summed E-state index contributed by atoms with van der Waals surface area (Å²) in [6, 6.07) is 40.0. The van der Waals surface area contributed by atoms with Crippen molar-refractivity contribution >= 4 is 83.7 Å². The minimum atomic E-state index is -0.0870. The predicted octanol–water partition coefficient (Wildman–Crippen LogP) is 15.4. The highest BCUT2D eigenvalue weighted by Crippen LogP contribution is 2.47. The van der Waals surface area contributed by atoms with Gasteiger partial charge in [0.05, 0.1) is 27.9 Å². The number of hydrogen-bond acceptors (Lipinski definition) is 0. The number of benzene rings is 5. The average molecular weight is 918 g/mol. The second-order valence-corrected chi connectivity index (χ2v) is 27.8. The molecule has 0 radical (unpaired) electrons. The Morgan fingerprint density at radius 3 is 1.50 bits per heavy atom. The highest BCUT2D eigenvalue weighted by Gasteiger charge is 2.44. The van der Waals surface area contributed by atoms with Crippen LogP contribution in [0.5, 0.6) is 0 Å². The first-order chi connectivity index (χ1) is 32.5. The van der Waals surface area contributed by atoms with Crippen LogP contribution in [0.1, 0.15) is 170 Å². The van der Waals surface area contributed by atoms with Crippen molar-refractivity contribution in [2.45, 2.75) is 165 Å². The SMILES string of the molecule is CC(C)(C)C1=Cc2c(n(-c3ccc4c5c3-n3c6c#cc(C(C)(C)C)cc6c6cc(C(C)(C)C)cc(c63)B5c3cc(C(C)(C)C)cc5c6cc(C(C)(C)C)ccc6n-4c35)c3ccc(C(C)(C)C)cc23)CC1. The van der Waals surface area contributed by atoms with Gasteiger partial charge in [-0.3, -0.25) is 0 Å². The lowest BCUT2D eigenvalue weighted by atomic mass is 9.33. The van der Waals surface area contributed by atoms with Crippen LogP contribution >= 0.6 is 0 Å². The predicted molar refractivity (Wildman–Crippen MR) is 304 cm³/mol. The molecule has 4 heteroatoms. The van der Waals surface area contributed by atoms with Crippen molar-refractivity contribution in [3.63, 3.8) is 0 Å². The highest BCUT2D eigenvalue weighted by atomic mass is 15.1. The van der Waals surface area contributed by atoms with Crippen LogP contribution in [-0.4, -0.2) is 20.4 Å². The third kappa shape index (κ3) is 6.34. The number of aromatic nitrogens is 3. The third-order valence-corrected chi connectivity index (χ3v) is 16.7. The Bertz CT molecular complexity index is 3810. The Hall–Kier alpha value is -5.92. The van der Waals surface area contributed by atoms with E-state index >= 15 is 0 Å². The number of fused-ring (bicyclic) bond motifs is 13. The smallest absolute Gasteiger partial charge is 0.252 e. The van der Waals surface area contributed by atoms with Gasteiger partial charge in [-0.25, -0.2) is 0 Å². The van der Waals surface area contributed by atoms with Crippen LogP contribution in [0.2, 0.25) is 0 Å². The molecule has 1 aliphatic carbocycles. The zero-order valence-electron chi connectivity index (χ0n) is 45.4. The second-order valence-electron chi connectivity index (χ2n) is 27.8. The van der Waals surface area contributed by atoms with Crippen molar-refractivity contribution < 1.29 is 0 Å². The Morgan fingerprint density at radius 2 is 0.943 bits per heavy atom. The van der Waals surface area contributed by atoms with Crippen LogP contribution in [0.4, 0.5) is 0 Å². The summed E-state index contributed by atoms with van der Waals surface area (Å²) in [6.07, 6.45) is 4.60. The first-order valence-corrected chi connectivity index (χ1v) is 26.2. The van der Waals surface area contributed by atoms with Crippen molar-refractivity contribution in [2.75, 3.05) is 0 Å². The molecule has 70 heavy (non-hydrogen) atoms. The maximum Gasteiger partial charge on any atom is 0.252 e. The summed E-state index contributed by atoms with van der Waals surface area (Å²) in [7, 11) is 0. The molecule has 0 fully saturated rings. The summed E-state index contributed by atoms with van der Waals surface area (Å²) in [4.78, 5) is 0. The molecule has 2 aliphatic heterocycles. The molecule has 0 N–H and O–H groups in total. The van der Waals surface area contributed by atoms with E-state index in [9.17, 15) is 0 Å². The zero-order chi connectivity index (χ0) is 49.9. The van der Waals surface area contributed by atoms with Gasteiger partial charge in [-0.15, -0.1) is 0 Å². The molecule has 12 rings (SSSR count). The Kier molecular flexibility index (Phi) is 9.01. The molecule has 354 valence electrons. The van der Waals surface area contributed by atoms with E-state index in [1.807, 2.05) is 0 Å². The number of hydrogen-bond donors (Lipinski definition) is 0. The molecule has 0 unspecified atom stereocenters. The van der Waals surface area contributed by atoms with Gasteiger partial charge < -0.3 is 13.7 Å². The molecular formula is C66H72BN3. The van der Waals surface area contributed by atoms with Gasteiger partial charge in [-0.2, -0.15) is 0 Å². The molecule has 0 bridgehead atoms. The standard InChI is InChI=1S/C66H72BN3/c1-61(2,3)37-19-23-51-43(29-37)44-30-38(62(4,5)6)20-24-52(44)68(51)56-28-27-55-57-60(56)70-54-26-22-40(64(10,11)12)32-46(54)48-34-42(66(16,17)18)36-50(59(48)70)67(57)49-35-41(65(13,14)15)33-47-45-31-39(63(7,8)9)21-25-53(45)69(55)58(47)49/h19,21,23,25,27-36H,20,24H2,1-18H3. The Balaban J connectivity index is 1.31. The summed E-state index contributed by atoms with van der Waals surface area (Å²) in [5.41, 5.74) is 25.1. The first-order valence-electron chi connectivity index (χ1n) is 26.2. The fourth-order valence-electron chi connectivity index (χ4n) is 12.4. The molecule has 0 saturated carbocycles.